The van der Waals surface area contributed by atoms with Crippen LogP contribution in [0.5, 0.6) is 0 Å². The van der Waals surface area contributed by atoms with Crippen LogP contribution in [0.4, 0.5) is 0 Å². The number of aliphatic hydroxyl groups excluding tert-OH is 2. The Morgan fingerprint density at radius 3 is 1.19 bits per heavy atom. The second kappa shape index (κ2) is 34.0. The van der Waals surface area contributed by atoms with Crippen molar-refractivity contribution in [1.29, 1.82) is 0 Å². The molecule has 0 spiro atoms. The maximum Gasteiger partial charge on any atom is 0.320 e. The van der Waals surface area contributed by atoms with Crippen molar-refractivity contribution in [2.45, 2.75) is 255 Å². The molecule has 4 rings (SSSR count). The van der Waals surface area contributed by atoms with Crippen molar-refractivity contribution < 1.29 is 48.9 Å². The van der Waals surface area contributed by atoms with Crippen molar-refractivity contribution in [2.75, 3.05) is 6.54 Å². The Morgan fingerprint density at radius 1 is 0.549 bits per heavy atom. The van der Waals surface area contributed by atoms with Gasteiger partial charge in [0.2, 0.25) is 0 Å². The summed E-state index contributed by atoms with van der Waals surface area (Å²) in [4.78, 5) is 103. The van der Waals surface area contributed by atoms with E-state index in [0.717, 1.165) is 33.4 Å². The first-order valence-corrected chi connectivity index (χ1v) is 33.3. The number of ketones is 6. The van der Waals surface area contributed by atoms with E-state index in [-0.39, 0.29) is 89.3 Å². The van der Waals surface area contributed by atoms with Crippen LogP contribution in [0.3, 0.4) is 0 Å². The van der Waals surface area contributed by atoms with Gasteiger partial charge in [-0.2, -0.15) is 0 Å². The third kappa shape index (κ3) is 17.9. The van der Waals surface area contributed by atoms with Gasteiger partial charge in [-0.05, 0) is 230 Å². The van der Waals surface area contributed by atoms with Gasteiger partial charge in [0.25, 0.3) is 0 Å². The molecule has 0 aromatic carbocycles. The molecule has 14 nitrogen and oxygen atoms in total. The average Bonchev–Trinajstić information content (AvgIpc) is 0.679. The molecule has 4 aliphatic rings. The Balaban J connectivity index is 0.000000525. The van der Waals surface area contributed by atoms with Crippen molar-refractivity contribution >= 4 is 46.6 Å². The highest BCUT2D eigenvalue weighted by molar-refractivity contribution is 6.34. The van der Waals surface area contributed by atoms with Crippen LogP contribution < -0.4 is 17.2 Å². The minimum absolute atomic E-state index is 0.0129. The zero-order valence-electron chi connectivity index (χ0n) is 60.2. The highest BCUT2D eigenvalue weighted by Gasteiger charge is 2.77. The fourth-order valence-electron chi connectivity index (χ4n) is 14.2. The van der Waals surface area contributed by atoms with E-state index in [4.69, 9.17) is 22.3 Å². The summed E-state index contributed by atoms with van der Waals surface area (Å²) in [5.41, 5.74) is 16.5. The van der Waals surface area contributed by atoms with Crippen LogP contribution >= 0.6 is 0 Å². The number of rotatable bonds is 28. The summed E-state index contributed by atoms with van der Waals surface area (Å²) in [5, 5.41) is 32.2. The Hall–Kier alpha value is -6.28. The Kier molecular flexibility index (Phi) is 30.2. The fraction of sp³-hybridized carbons (Fsp3) is 0.636. The summed E-state index contributed by atoms with van der Waals surface area (Å²) in [6, 6.07) is -0.820. The van der Waals surface area contributed by atoms with E-state index in [1.165, 1.54) is 11.1 Å². The number of carboxylic acid groups (broad SMARTS) is 1. The first kappa shape index (κ1) is 80.8. The molecule has 0 heterocycles. The molecule has 0 aromatic heterocycles. The molecule has 2 fully saturated rings. The van der Waals surface area contributed by atoms with Crippen molar-refractivity contribution in [3.05, 3.63) is 116 Å². The van der Waals surface area contributed by atoms with Crippen LogP contribution in [0.15, 0.2) is 121 Å². The summed E-state index contributed by atoms with van der Waals surface area (Å²) in [6.45, 7) is 43.9. The number of carbonyl (C=O) groups excluding carboxylic acids is 6. The fourth-order valence-corrected chi connectivity index (χ4v) is 14.2. The first-order valence-electron chi connectivity index (χ1n) is 33.3. The van der Waals surface area contributed by atoms with Gasteiger partial charge in [0.1, 0.15) is 17.6 Å². The molecular formula is C77H120N4O10. The second-order valence-corrected chi connectivity index (χ2v) is 29.5. The van der Waals surface area contributed by atoms with Gasteiger partial charge in [0.05, 0.1) is 10.8 Å². The van der Waals surface area contributed by atoms with E-state index in [9.17, 15) is 39.0 Å². The molecule has 0 aliphatic heterocycles. The molecule has 0 aromatic rings. The van der Waals surface area contributed by atoms with Crippen molar-refractivity contribution in [3.63, 3.8) is 0 Å². The molecule has 9 N–H and O–H groups in total. The van der Waals surface area contributed by atoms with E-state index in [1.807, 2.05) is 149 Å². The number of carbonyl (C=O) groups is 7. The van der Waals surface area contributed by atoms with E-state index in [1.54, 1.807) is 13.8 Å². The molecular weight excluding hydrogens is 1140 g/mol. The molecule has 0 radical (unpaired) electrons. The van der Waals surface area contributed by atoms with Crippen LogP contribution in [0.2, 0.25) is 0 Å². The number of Topliss-reactive ketones (excluding diaryl/α,β-unsaturated/α-hetero) is 6. The van der Waals surface area contributed by atoms with Crippen molar-refractivity contribution in [2.24, 2.45) is 78.4 Å². The lowest BCUT2D eigenvalue weighted by atomic mass is 9.37. The van der Waals surface area contributed by atoms with Gasteiger partial charge in [-0.3, -0.25) is 38.6 Å². The van der Waals surface area contributed by atoms with Gasteiger partial charge in [0.15, 0.2) is 51.5 Å². The Labute approximate surface area is 548 Å². The number of nitrogens with zero attached hydrogens (tertiary/aromatic N) is 1. The number of aliphatic imine (C=N–C) groups is 1. The summed E-state index contributed by atoms with van der Waals surface area (Å²) >= 11 is 0. The standard InChI is InChI=1S/C36H54O4.C35H52O4.C6H14N4O2/c1-12-27(10)30(37)36-32(39)29(18-16-25(6)7)31(38)35(33(36)40,21-19-26(8)9)22-28(17-15-24(4)5)34(36,11)20-13-14-23(2)3;1-22(2)13-12-19-33(11)27(16-14-23(3)4)21-34(20-18-25(7)8)30(37)28(17-15-24(5)6)31(38)35(33,32(34)39)29(36)26(9)10;7-4(5(11)12)2-1-3-10-6(8)9/h14-16,19,27-28,38H,12-13,17-18,20-22H2,1-11H3;13-15,18,26-27,37H,12,16-17,19-21H2,1-11H3;4H,1-3,7H2,(H,11,12)(H4,8,9,10)/t;;4-/m..0/s1. The van der Waals surface area contributed by atoms with Gasteiger partial charge in [-0.15, -0.1) is 0 Å². The number of hydrogen-bond acceptors (Lipinski definition) is 11. The lowest BCUT2D eigenvalue weighted by molar-refractivity contribution is -0.182. The van der Waals surface area contributed by atoms with Crippen LogP contribution in [0.1, 0.15) is 249 Å². The maximum atomic E-state index is 15.1. The molecule has 14 heteroatoms. The quantitative estimate of drug-likeness (QED) is 0.0140. The lowest BCUT2D eigenvalue weighted by Crippen LogP contribution is -2.71. The van der Waals surface area contributed by atoms with E-state index < -0.39 is 67.9 Å². The number of aliphatic carboxylic acids is 1. The third-order valence-corrected chi connectivity index (χ3v) is 19.8. The minimum Gasteiger partial charge on any atom is -0.511 e. The largest absolute Gasteiger partial charge is 0.511 e. The molecule has 9 unspecified atom stereocenters. The number of guanidine groups is 1. The Bertz CT molecular complexity index is 3040. The summed E-state index contributed by atoms with van der Waals surface area (Å²) in [7, 11) is 0. The topological polar surface area (TPSA) is 271 Å². The van der Waals surface area contributed by atoms with Gasteiger partial charge >= 0.3 is 5.97 Å². The maximum absolute atomic E-state index is 15.1. The number of allylic oxidation sites excluding steroid dienone is 20. The molecule has 4 aliphatic carbocycles. The van der Waals surface area contributed by atoms with E-state index >= 15 is 4.79 Å². The smallest absolute Gasteiger partial charge is 0.320 e. The number of hydrogen-bond donors (Lipinski definition) is 6. The minimum atomic E-state index is -1.83. The number of fused-ring (bicyclic) bond motifs is 4. The van der Waals surface area contributed by atoms with Gasteiger partial charge < -0.3 is 32.5 Å². The Morgan fingerprint density at radius 2 is 0.890 bits per heavy atom. The first-order chi connectivity index (χ1) is 42.0. The van der Waals surface area contributed by atoms with E-state index in [2.05, 4.69) is 43.1 Å². The molecule has 10 atom stereocenters. The lowest BCUT2D eigenvalue weighted by Gasteiger charge is -2.61. The van der Waals surface area contributed by atoms with Gasteiger partial charge in [0, 0.05) is 29.5 Å². The third-order valence-electron chi connectivity index (χ3n) is 19.8. The summed E-state index contributed by atoms with van der Waals surface area (Å²) in [5.74, 6) is -4.73. The summed E-state index contributed by atoms with van der Waals surface area (Å²) in [6.07, 6.45) is 23.5. The van der Waals surface area contributed by atoms with Crippen LogP contribution in [-0.2, 0) is 33.6 Å². The van der Waals surface area contributed by atoms with Crippen molar-refractivity contribution in [1.82, 2.24) is 0 Å². The number of carboxylic acids is 1. The predicted octanol–water partition coefficient (Wildman–Crippen LogP) is 16.8. The van der Waals surface area contributed by atoms with Gasteiger partial charge in [-0.1, -0.05) is 135 Å². The highest BCUT2D eigenvalue weighted by atomic mass is 16.4. The predicted molar refractivity (Wildman–Crippen MR) is 373 cm³/mol. The highest BCUT2D eigenvalue weighted by Crippen LogP contribution is 2.69. The second-order valence-electron chi connectivity index (χ2n) is 29.5. The number of nitrogens with two attached hydrogens (primary N) is 3. The summed E-state index contributed by atoms with van der Waals surface area (Å²) < 4.78 is 0. The molecule has 0 amide bonds. The zero-order valence-corrected chi connectivity index (χ0v) is 60.2. The van der Waals surface area contributed by atoms with Crippen LogP contribution in [-0.4, -0.2) is 74.5 Å². The molecule has 2 saturated carbocycles. The van der Waals surface area contributed by atoms with Crippen LogP contribution in [0.25, 0.3) is 0 Å². The molecule has 0 saturated heterocycles. The van der Waals surface area contributed by atoms with Crippen LogP contribution in [0, 0.1) is 56.2 Å². The van der Waals surface area contributed by atoms with Crippen molar-refractivity contribution in [3.8, 4) is 0 Å². The van der Waals surface area contributed by atoms with Gasteiger partial charge in [-0.25, -0.2) is 0 Å². The number of aliphatic hydroxyl groups is 2. The SMILES string of the molecule is CC(C)=CCCC1(C)C(CC=C(C)C)CC2(CC=C(C)C)C(=O)C1(C(=O)C(C)C)C(=O)C(CC=C(C)C)=C2O.CCC(C)C(=O)C12C(=O)C(CC=C(C)C)=C(O)C(CC=C(C)C)(CC(CC=C(C)C)C1(C)CCC=C(C)C)C2=O.NC(N)=NCCC[C@H](N)C(=O)O. The molecule has 508 valence electrons. The molecule has 4 bridgehead atoms. The van der Waals surface area contributed by atoms with E-state index in [0.29, 0.717) is 77.2 Å². The molecule has 91 heavy (non-hydrogen) atoms. The monoisotopic (exact) mass is 1260 g/mol. The normalized spacial score (nSPS) is 26.2. The average molecular weight is 1260 g/mol. The zero-order chi connectivity index (χ0) is 70.1.